The highest BCUT2D eigenvalue weighted by Gasteiger charge is 2.34. The maximum absolute atomic E-state index is 12.9. The molecule has 29 heavy (non-hydrogen) atoms. The summed E-state index contributed by atoms with van der Waals surface area (Å²) in [5.74, 6) is 1.05. The lowest BCUT2D eigenvalue weighted by Gasteiger charge is -2.12. The van der Waals surface area contributed by atoms with Crippen LogP contribution in [0.25, 0.3) is 11.0 Å². The van der Waals surface area contributed by atoms with Crippen LogP contribution in [0, 0.1) is 6.92 Å². The molecule has 4 N–H and O–H groups in total. The van der Waals surface area contributed by atoms with Crippen molar-refractivity contribution in [2.45, 2.75) is 38.3 Å². The molecule has 0 radical (unpaired) electrons. The first-order valence-electron chi connectivity index (χ1n) is 9.28. The summed E-state index contributed by atoms with van der Waals surface area (Å²) >= 11 is 0. The Morgan fingerprint density at radius 2 is 2.17 bits per heavy atom. The Labute approximate surface area is 165 Å². The van der Waals surface area contributed by atoms with Crippen molar-refractivity contribution in [1.29, 1.82) is 0 Å². The zero-order chi connectivity index (χ0) is 20.5. The number of hydrogen-bond donors (Lipinski definition) is 3. The molecule has 1 atom stereocenters. The van der Waals surface area contributed by atoms with Gasteiger partial charge in [-0.2, -0.15) is 0 Å². The fraction of sp³-hybridized carbons (Fsp3) is 0.350. The third-order valence-electron chi connectivity index (χ3n) is 4.74. The Morgan fingerprint density at radius 3 is 2.79 bits per heavy atom. The highest BCUT2D eigenvalue weighted by Crippen LogP contribution is 2.45. The summed E-state index contributed by atoms with van der Waals surface area (Å²) in [4.78, 5) is 28.3. The number of furan rings is 1. The van der Waals surface area contributed by atoms with Crippen LogP contribution in [0.1, 0.15) is 46.5 Å². The number of aliphatic hydroxyl groups is 1. The second kappa shape index (κ2) is 7.59. The molecule has 2 amide bonds. The Balaban J connectivity index is 1.64. The van der Waals surface area contributed by atoms with Gasteiger partial charge in [-0.25, -0.2) is 4.98 Å². The number of primary amides is 1. The minimum absolute atomic E-state index is 0.158. The average molecular weight is 399 g/mol. The Bertz CT molecular complexity index is 1070. The zero-order valence-corrected chi connectivity index (χ0v) is 15.8. The second-order valence-electron chi connectivity index (χ2n) is 7.02. The third kappa shape index (κ3) is 3.95. The summed E-state index contributed by atoms with van der Waals surface area (Å²) in [7, 11) is 0. The number of aromatic nitrogens is 1. The fourth-order valence-corrected chi connectivity index (χ4v) is 3.12. The van der Waals surface area contributed by atoms with Crippen LogP contribution in [0.2, 0.25) is 0 Å². The van der Waals surface area contributed by atoms with Gasteiger partial charge in [0, 0.05) is 18.2 Å². The molecule has 1 aliphatic carbocycles. The molecule has 9 nitrogen and oxygen atoms in total. The van der Waals surface area contributed by atoms with Crippen molar-refractivity contribution in [2.24, 2.45) is 5.73 Å². The number of ether oxygens (including phenoxy) is 1. The number of amides is 2. The van der Waals surface area contributed by atoms with Gasteiger partial charge in [-0.15, -0.1) is 0 Å². The van der Waals surface area contributed by atoms with Crippen LogP contribution in [0.4, 0.5) is 0 Å². The Morgan fingerprint density at radius 1 is 1.38 bits per heavy atom. The lowest BCUT2D eigenvalue weighted by atomic mass is 10.1. The van der Waals surface area contributed by atoms with E-state index in [9.17, 15) is 14.7 Å². The topological polar surface area (TPSA) is 141 Å². The largest absolute Gasteiger partial charge is 0.486 e. The van der Waals surface area contributed by atoms with E-state index in [0.29, 0.717) is 39.7 Å². The summed E-state index contributed by atoms with van der Waals surface area (Å²) in [6, 6.07) is 4.01. The van der Waals surface area contributed by atoms with Crippen LogP contribution in [-0.2, 0) is 11.4 Å². The van der Waals surface area contributed by atoms with Crippen molar-refractivity contribution in [3.05, 3.63) is 47.4 Å². The number of rotatable bonds is 8. The predicted octanol–water partition coefficient (Wildman–Crippen LogP) is 1.76. The molecular weight excluding hydrogens is 378 g/mol. The number of aliphatic hydroxyl groups excluding tert-OH is 1. The predicted molar refractivity (Wildman–Crippen MR) is 101 cm³/mol. The monoisotopic (exact) mass is 399 g/mol. The fourth-order valence-electron chi connectivity index (χ4n) is 3.12. The van der Waals surface area contributed by atoms with Gasteiger partial charge in [0.05, 0.1) is 18.4 Å². The Hall–Kier alpha value is -3.33. The summed E-state index contributed by atoms with van der Waals surface area (Å²) < 4.78 is 17.1. The molecule has 3 aromatic rings. The lowest BCUT2D eigenvalue weighted by Crippen LogP contribution is -2.46. The quantitative estimate of drug-likeness (QED) is 0.524. The van der Waals surface area contributed by atoms with Crippen molar-refractivity contribution in [3.63, 3.8) is 0 Å². The molecule has 0 bridgehead atoms. The average Bonchev–Trinajstić information content (AvgIpc) is 3.35. The zero-order valence-electron chi connectivity index (χ0n) is 15.8. The van der Waals surface area contributed by atoms with Gasteiger partial charge in [0.25, 0.3) is 5.91 Å². The summed E-state index contributed by atoms with van der Waals surface area (Å²) in [5.41, 5.74) is 6.10. The van der Waals surface area contributed by atoms with Gasteiger partial charge in [-0.05, 0) is 31.0 Å². The number of fused-ring (bicyclic) bond motifs is 1. The minimum Gasteiger partial charge on any atom is -0.486 e. The van der Waals surface area contributed by atoms with Crippen LogP contribution in [-0.4, -0.2) is 34.6 Å². The van der Waals surface area contributed by atoms with Crippen molar-refractivity contribution in [1.82, 2.24) is 10.3 Å². The number of carbonyl (C=O) groups is 2. The number of hydrogen-bond acceptors (Lipinski definition) is 7. The molecular formula is C20H21N3O6. The normalized spacial score (nSPS) is 14.7. The Kier molecular flexibility index (Phi) is 4.98. The van der Waals surface area contributed by atoms with E-state index in [1.54, 1.807) is 31.3 Å². The van der Waals surface area contributed by atoms with Crippen molar-refractivity contribution in [3.8, 4) is 5.75 Å². The van der Waals surface area contributed by atoms with E-state index in [0.717, 1.165) is 12.8 Å². The van der Waals surface area contributed by atoms with Gasteiger partial charge >= 0.3 is 0 Å². The van der Waals surface area contributed by atoms with E-state index >= 15 is 0 Å². The first-order chi connectivity index (χ1) is 14.0. The second-order valence-corrected chi connectivity index (χ2v) is 7.02. The van der Waals surface area contributed by atoms with Crippen molar-refractivity contribution < 1.29 is 28.3 Å². The molecule has 4 rings (SSSR count). The van der Waals surface area contributed by atoms with Gasteiger partial charge < -0.3 is 29.7 Å². The molecule has 2 heterocycles. The van der Waals surface area contributed by atoms with Crippen LogP contribution in [0.15, 0.2) is 33.2 Å². The highest BCUT2D eigenvalue weighted by atomic mass is 16.5. The van der Waals surface area contributed by atoms with E-state index in [1.807, 2.05) is 0 Å². The van der Waals surface area contributed by atoms with E-state index in [-0.39, 0.29) is 12.5 Å². The van der Waals surface area contributed by atoms with Gasteiger partial charge in [0.15, 0.2) is 11.7 Å². The van der Waals surface area contributed by atoms with Crippen molar-refractivity contribution in [2.75, 3.05) is 6.61 Å². The molecule has 0 saturated heterocycles. The molecule has 0 unspecified atom stereocenters. The summed E-state index contributed by atoms with van der Waals surface area (Å²) in [6.07, 6.45) is 3.44. The number of oxazole rings is 1. The minimum atomic E-state index is -1.17. The van der Waals surface area contributed by atoms with Crippen LogP contribution in [0.3, 0.4) is 0 Å². The van der Waals surface area contributed by atoms with Gasteiger partial charge in [-0.3, -0.25) is 9.59 Å². The lowest BCUT2D eigenvalue weighted by molar-refractivity contribution is -0.120. The number of carbonyl (C=O) groups excluding carboxylic acids is 2. The third-order valence-corrected chi connectivity index (χ3v) is 4.74. The molecule has 152 valence electrons. The van der Waals surface area contributed by atoms with E-state index < -0.39 is 24.5 Å². The maximum atomic E-state index is 12.9. The molecule has 1 fully saturated rings. The van der Waals surface area contributed by atoms with Crippen LogP contribution >= 0.6 is 0 Å². The molecule has 0 spiro atoms. The van der Waals surface area contributed by atoms with Gasteiger partial charge in [-0.1, -0.05) is 0 Å². The highest BCUT2D eigenvalue weighted by molar-refractivity contribution is 6.09. The SMILES string of the molecule is Cc1ncc(COc2ccc3oc(C4CC4)c(C(=O)N[C@@H](CO)C(N)=O)c3c2)o1. The van der Waals surface area contributed by atoms with Crippen LogP contribution < -0.4 is 15.8 Å². The molecule has 1 saturated carbocycles. The number of benzene rings is 1. The number of nitrogens with two attached hydrogens (primary N) is 1. The molecule has 1 aliphatic rings. The van der Waals surface area contributed by atoms with E-state index in [4.69, 9.17) is 19.3 Å². The molecule has 2 aromatic heterocycles. The van der Waals surface area contributed by atoms with Crippen LogP contribution in [0.5, 0.6) is 5.75 Å². The molecule has 0 aliphatic heterocycles. The number of aryl methyl sites for hydroxylation is 1. The van der Waals surface area contributed by atoms with Gasteiger partial charge in [0.2, 0.25) is 5.91 Å². The molecule has 9 heteroatoms. The number of nitrogens with one attached hydrogen (secondary N) is 1. The smallest absolute Gasteiger partial charge is 0.256 e. The van der Waals surface area contributed by atoms with E-state index in [2.05, 4.69) is 10.3 Å². The van der Waals surface area contributed by atoms with Crippen molar-refractivity contribution >= 4 is 22.8 Å². The first kappa shape index (κ1) is 19.0. The van der Waals surface area contributed by atoms with E-state index in [1.165, 1.54) is 0 Å². The standard InChI is InChI=1S/C20H21N3O6/c1-10-22-7-13(28-10)9-27-12-4-5-16-14(6-12)17(18(29-16)11-2-3-11)20(26)23-15(8-24)19(21)25/h4-7,11,15,24H,2-3,8-9H2,1H3,(H2,21,25)(H,23,26)/t15-/m0/s1. The first-order valence-corrected chi connectivity index (χ1v) is 9.28. The number of nitrogens with zero attached hydrogens (tertiary/aromatic N) is 1. The summed E-state index contributed by atoms with van der Waals surface area (Å²) in [6.45, 7) is 1.35. The summed E-state index contributed by atoms with van der Waals surface area (Å²) in [5, 5.41) is 12.3. The van der Waals surface area contributed by atoms with Gasteiger partial charge in [0.1, 0.15) is 29.7 Å². The molecule has 1 aromatic carbocycles. The maximum Gasteiger partial charge on any atom is 0.256 e.